The maximum Gasteiger partial charge on any atom is 0.0616 e. The molecule has 0 spiro atoms. The van der Waals surface area contributed by atoms with E-state index in [0.29, 0.717) is 18.1 Å². The zero-order valence-corrected chi connectivity index (χ0v) is 11.5. The highest BCUT2D eigenvalue weighted by atomic mass is 16.5. The van der Waals surface area contributed by atoms with Gasteiger partial charge in [0.15, 0.2) is 0 Å². The van der Waals surface area contributed by atoms with Gasteiger partial charge in [-0.05, 0) is 37.5 Å². The Morgan fingerprint density at radius 2 is 1.76 bits per heavy atom. The lowest BCUT2D eigenvalue weighted by atomic mass is 9.73. The minimum Gasteiger partial charge on any atom is -0.378 e. The van der Waals surface area contributed by atoms with Crippen molar-refractivity contribution in [1.29, 1.82) is 0 Å². The van der Waals surface area contributed by atoms with Crippen molar-refractivity contribution in [2.24, 2.45) is 23.5 Å². The average Bonchev–Trinajstić information content (AvgIpc) is 2.86. The predicted octanol–water partition coefficient (Wildman–Crippen LogP) is 3.35. The summed E-state index contributed by atoms with van der Waals surface area (Å²) in [4.78, 5) is 0. The highest BCUT2D eigenvalue weighted by Gasteiger charge is 2.36. The second kappa shape index (κ2) is 6.19. The first-order valence-corrected chi connectivity index (χ1v) is 7.63. The largest absolute Gasteiger partial charge is 0.378 e. The highest BCUT2D eigenvalue weighted by molar-refractivity contribution is 4.89. The first-order valence-electron chi connectivity index (χ1n) is 7.63. The summed E-state index contributed by atoms with van der Waals surface area (Å²) in [6.45, 7) is 5.48. The number of hydrogen-bond acceptors (Lipinski definition) is 2. The van der Waals surface area contributed by atoms with Crippen molar-refractivity contribution in [2.45, 2.75) is 70.9 Å². The van der Waals surface area contributed by atoms with E-state index >= 15 is 0 Å². The van der Waals surface area contributed by atoms with Gasteiger partial charge in [0.2, 0.25) is 0 Å². The lowest BCUT2D eigenvalue weighted by Crippen LogP contribution is -2.42. The normalized spacial score (nSPS) is 40.4. The molecule has 1 saturated carbocycles. The Morgan fingerprint density at radius 1 is 1.06 bits per heavy atom. The molecule has 2 N–H and O–H groups in total. The number of rotatable bonds is 4. The second-order valence-electron chi connectivity index (χ2n) is 6.04. The van der Waals surface area contributed by atoms with Crippen LogP contribution in [0.25, 0.3) is 0 Å². The molecule has 0 bridgehead atoms. The van der Waals surface area contributed by atoms with Crippen LogP contribution in [0.5, 0.6) is 0 Å². The fraction of sp³-hybridized carbons (Fsp3) is 1.00. The van der Waals surface area contributed by atoms with Crippen molar-refractivity contribution >= 4 is 0 Å². The van der Waals surface area contributed by atoms with Gasteiger partial charge in [0.05, 0.1) is 6.10 Å². The lowest BCUT2D eigenvalue weighted by Gasteiger charge is -2.35. The van der Waals surface area contributed by atoms with Gasteiger partial charge in [-0.3, -0.25) is 0 Å². The maximum atomic E-state index is 6.53. The Morgan fingerprint density at radius 3 is 2.35 bits per heavy atom. The van der Waals surface area contributed by atoms with E-state index in [1.54, 1.807) is 0 Å². The smallest absolute Gasteiger partial charge is 0.0616 e. The first kappa shape index (κ1) is 13.4. The predicted molar refractivity (Wildman–Crippen MR) is 71.9 cm³/mol. The van der Waals surface area contributed by atoms with Crippen LogP contribution in [0.4, 0.5) is 0 Å². The fourth-order valence-corrected chi connectivity index (χ4v) is 3.86. The van der Waals surface area contributed by atoms with E-state index < -0.39 is 0 Å². The van der Waals surface area contributed by atoms with Gasteiger partial charge in [-0.25, -0.2) is 0 Å². The summed E-state index contributed by atoms with van der Waals surface area (Å²) in [6.07, 6.45) is 9.62. The molecule has 1 aliphatic heterocycles. The standard InChI is InChI=1S/C15H29NO/c1-3-11-5-7-12(8-6-11)15(16)13-9-10-17-14(13)4-2/h11-15H,3-10,16H2,1-2H3. The van der Waals surface area contributed by atoms with Gasteiger partial charge in [-0.1, -0.05) is 33.1 Å². The van der Waals surface area contributed by atoms with Crippen LogP contribution in [-0.4, -0.2) is 18.8 Å². The molecule has 1 aliphatic carbocycles. The fourth-order valence-electron chi connectivity index (χ4n) is 3.86. The quantitative estimate of drug-likeness (QED) is 0.816. The molecule has 100 valence electrons. The molecule has 0 aromatic rings. The summed E-state index contributed by atoms with van der Waals surface area (Å²) in [6, 6.07) is 0.389. The van der Waals surface area contributed by atoms with Crippen LogP contribution in [0.15, 0.2) is 0 Å². The molecule has 2 nitrogen and oxygen atoms in total. The average molecular weight is 239 g/mol. The van der Waals surface area contributed by atoms with Gasteiger partial charge in [0.25, 0.3) is 0 Å². The Kier molecular flexibility index (Phi) is 4.87. The first-order chi connectivity index (χ1) is 8.26. The van der Waals surface area contributed by atoms with Crippen molar-refractivity contribution < 1.29 is 4.74 Å². The Labute approximate surface area is 106 Å². The molecule has 0 aromatic carbocycles. The van der Waals surface area contributed by atoms with E-state index in [1.165, 1.54) is 38.5 Å². The van der Waals surface area contributed by atoms with Crippen LogP contribution in [0.2, 0.25) is 0 Å². The molecule has 2 fully saturated rings. The molecule has 3 unspecified atom stereocenters. The third-order valence-electron chi connectivity index (χ3n) is 5.17. The number of nitrogens with two attached hydrogens (primary N) is 1. The van der Waals surface area contributed by atoms with E-state index in [0.717, 1.165) is 24.9 Å². The van der Waals surface area contributed by atoms with Crippen molar-refractivity contribution in [2.75, 3.05) is 6.61 Å². The summed E-state index contributed by atoms with van der Waals surface area (Å²) in [5.74, 6) is 2.36. The molecule has 2 heteroatoms. The van der Waals surface area contributed by atoms with Gasteiger partial charge in [0.1, 0.15) is 0 Å². The van der Waals surface area contributed by atoms with Crippen molar-refractivity contribution in [3.8, 4) is 0 Å². The van der Waals surface area contributed by atoms with Gasteiger partial charge >= 0.3 is 0 Å². The third kappa shape index (κ3) is 3.03. The molecule has 0 aromatic heterocycles. The summed E-state index contributed by atoms with van der Waals surface area (Å²) < 4.78 is 5.79. The number of hydrogen-bond donors (Lipinski definition) is 1. The second-order valence-corrected chi connectivity index (χ2v) is 6.04. The van der Waals surface area contributed by atoms with E-state index in [1.807, 2.05) is 0 Å². The summed E-state index contributed by atoms with van der Waals surface area (Å²) in [5.41, 5.74) is 6.53. The van der Waals surface area contributed by atoms with Crippen LogP contribution in [0.3, 0.4) is 0 Å². The van der Waals surface area contributed by atoms with Crippen molar-refractivity contribution in [3.05, 3.63) is 0 Å². The summed E-state index contributed by atoms with van der Waals surface area (Å²) in [5, 5.41) is 0. The molecule has 0 amide bonds. The zero-order chi connectivity index (χ0) is 12.3. The Hall–Kier alpha value is -0.0800. The van der Waals surface area contributed by atoms with E-state index in [9.17, 15) is 0 Å². The lowest BCUT2D eigenvalue weighted by molar-refractivity contribution is 0.0698. The van der Waals surface area contributed by atoms with E-state index in [4.69, 9.17) is 10.5 Å². The van der Waals surface area contributed by atoms with E-state index in [-0.39, 0.29) is 0 Å². The van der Waals surface area contributed by atoms with Crippen LogP contribution in [-0.2, 0) is 4.74 Å². The Balaban J connectivity index is 1.85. The van der Waals surface area contributed by atoms with Gasteiger partial charge in [-0.15, -0.1) is 0 Å². The number of ether oxygens (including phenoxy) is 1. The summed E-state index contributed by atoms with van der Waals surface area (Å²) >= 11 is 0. The van der Waals surface area contributed by atoms with E-state index in [2.05, 4.69) is 13.8 Å². The van der Waals surface area contributed by atoms with Crippen LogP contribution in [0, 0.1) is 17.8 Å². The van der Waals surface area contributed by atoms with Crippen LogP contribution in [0.1, 0.15) is 58.8 Å². The third-order valence-corrected chi connectivity index (χ3v) is 5.17. The maximum absolute atomic E-state index is 6.53. The Bertz CT molecular complexity index is 223. The minimum atomic E-state index is 0.389. The molecule has 3 atom stereocenters. The van der Waals surface area contributed by atoms with Crippen LogP contribution < -0.4 is 5.73 Å². The highest BCUT2D eigenvalue weighted by Crippen LogP contribution is 2.37. The van der Waals surface area contributed by atoms with Crippen molar-refractivity contribution in [3.63, 3.8) is 0 Å². The molecule has 17 heavy (non-hydrogen) atoms. The van der Waals surface area contributed by atoms with Crippen molar-refractivity contribution in [1.82, 2.24) is 0 Å². The monoisotopic (exact) mass is 239 g/mol. The zero-order valence-electron chi connectivity index (χ0n) is 11.5. The topological polar surface area (TPSA) is 35.2 Å². The molecular weight excluding hydrogens is 210 g/mol. The van der Waals surface area contributed by atoms with Crippen LogP contribution >= 0.6 is 0 Å². The van der Waals surface area contributed by atoms with Gasteiger partial charge in [-0.2, -0.15) is 0 Å². The molecule has 1 heterocycles. The minimum absolute atomic E-state index is 0.389. The molecular formula is C15H29NO. The van der Waals surface area contributed by atoms with Gasteiger partial charge < -0.3 is 10.5 Å². The van der Waals surface area contributed by atoms with Gasteiger partial charge in [0, 0.05) is 18.6 Å². The molecule has 1 saturated heterocycles. The molecule has 2 rings (SSSR count). The molecule has 2 aliphatic rings. The summed E-state index contributed by atoms with van der Waals surface area (Å²) in [7, 11) is 0. The molecule has 0 radical (unpaired) electrons. The SMILES string of the molecule is CCC1CCC(C(N)C2CCOC2CC)CC1.